The summed E-state index contributed by atoms with van der Waals surface area (Å²) < 4.78 is 63.5. The number of carbonyl (C=O) groups is 2. The van der Waals surface area contributed by atoms with Crippen molar-refractivity contribution in [2.75, 3.05) is 26.3 Å². The summed E-state index contributed by atoms with van der Waals surface area (Å²) in [6, 6.07) is 0. The number of nitrogens with one attached hydrogen (secondary N) is 1. The molecule has 0 radical (unpaired) electrons. The number of rotatable bonds is 2. The minimum absolute atomic E-state index is 1.06. The molecule has 0 aromatic carbocycles. The molecule has 2 aliphatic rings. The third-order valence-corrected chi connectivity index (χ3v) is 2.64. The van der Waals surface area contributed by atoms with Gasteiger partial charge < -0.3 is 15.5 Å². The third-order valence-electron chi connectivity index (χ3n) is 2.64. The van der Waals surface area contributed by atoms with Gasteiger partial charge in [0.25, 0.3) is 0 Å². The molecular formula is C11H16F6N2O4. The zero-order valence-electron chi connectivity index (χ0n) is 11.7. The molecule has 0 atom stereocenters. The highest BCUT2D eigenvalue weighted by atomic mass is 19.4. The van der Waals surface area contributed by atoms with Crippen molar-refractivity contribution in [2.24, 2.45) is 5.92 Å². The van der Waals surface area contributed by atoms with Crippen molar-refractivity contribution in [3.8, 4) is 0 Å². The van der Waals surface area contributed by atoms with Crippen LogP contribution in [0.5, 0.6) is 0 Å². The van der Waals surface area contributed by atoms with Gasteiger partial charge in [0.2, 0.25) is 0 Å². The van der Waals surface area contributed by atoms with Gasteiger partial charge in [-0.3, -0.25) is 4.90 Å². The SMILES string of the molecule is C1CN(CC2CC2)CN1.O=C(O)C(F)(F)F.O=C(O)C(F)(F)F. The number of halogens is 6. The van der Waals surface area contributed by atoms with E-state index in [0.717, 1.165) is 12.6 Å². The lowest BCUT2D eigenvalue weighted by atomic mass is 10.4. The van der Waals surface area contributed by atoms with Crippen LogP contribution in [-0.4, -0.2) is 65.7 Å². The third kappa shape index (κ3) is 11.6. The second-order valence-corrected chi connectivity index (χ2v) is 4.78. The summed E-state index contributed by atoms with van der Waals surface area (Å²) in [6.45, 7) is 4.97. The summed E-state index contributed by atoms with van der Waals surface area (Å²) in [5.41, 5.74) is 0. The smallest absolute Gasteiger partial charge is 0.475 e. The molecule has 0 spiro atoms. The first kappa shape index (κ1) is 21.4. The topological polar surface area (TPSA) is 89.9 Å². The van der Waals surface area contributed by atoms with E-state index >= 15 is 0 Å². The van der Waals surface area contributed by atoms with Gasteiger partial charge in [-0.1, -0.05) is 0 Å². The number of nitrogens with zero attached hydrogens (tertiary/aromatic N) is 1. The Hall–Kier alpha value is -1.56. The van der Waals surface area contributed by atoms with Crippen LogP contribution in [-0.2, 0) is 9.59 Å². The molecule has 1 saturated carbocycles. The normalized spacial score (nSPS) is 18.3. The minimum atomic E-state index is -5.08. The van der Waals surface area contributed by atoms with E-state index in [2.05, 4.69) is 10.2 Å². The van der Waals surface area contributed by atoms with Crippen molar-refractivity contribution in [3.05, 3.63) is 0 Å². The van der Waals surface area contributed by atoms with E-state index in [0.29, 0.717) is 0 Å². The summed E-state index contributed by atoms with van der Waals surface area (Å²) in [6.07, 6.45) is -7.20. The Morgan fingerprint density at radius 2 is 1.39 bits per heavy atom. The van der Waals surface area contributed by atoms with Crippen LogP contribution in [0.3, 0.4) is 0 Å². The van der Waals surface area contributed by atoms with Crippen LogP contribution in [0.2, 0.25) is 0 Å². The van der Waals surface area contributed by atoms with Gasteiger partial charge >= 0.3 is 24.3 Å². The van der Waals surface area contributed by atoms with E-state index in [-0.39, 0.29) is 0 Å². The molecule has 23 heavy (non-hydrogen) atoms. The van der Waals surface area contributed by atoms with E-state index in [1.807, 2.05) is 0 Å². The molecule has 1 saturated heterocycles. The van der Waals surface area contributed by atoms with Crippen molar-refractivity contribution < 1.29 is 46.1 Å². The minimum Gasteiger partial charge on any atom is -0.475 e. The molecule has 0 amide bonds. The first-order valence-corrected chi connectivity index (χ1v) is 6.37. The first-order valence-electron chi connectivity index (χ1n) is 6.37. The molecule has 136 valence electrons. The quantitative estimate of drug-likeness (QED) is 0.652. The van der Waals surface area contributed by atoms with Crippen molar-refractivity contribution >= 4 is 11.9 Å². The molecule has 3 N–H and O–H groups in total. The van der Waals surface area contributed by atoms with Gasteiger partial charge in [-0.05, 0) is 18.8 Å². The average Bonchev–Trinajstić information content (AvgIpc) is 3.02. The van der Waals surface area contributed by atoms with Gasteiger partial charge in [0.1, 0.15) is 0 Å². The molecule has 1 heterocycles. The summed E-state index contributed by atoms with van der Waals surface area (Å²) >= 11 is 0. The second-order valence-electron chi connectivity index (χ2n) is 4.78. The monoisotopic (exact) mass is 354 g/mol. The second kappa shape index (κ2) is 8.91. The fourth-order valence-electron chi connectivity index (χ4n) is 1.37. The maximum Gasteiger partial charge on any atom is 0.490 e. The largest absolute Gasteiger partial charge is 0.490 e. The Balaban J connectivity index is 0.000000322. The Morgan fingerprint density at radius 1 is 1.00 bits per heavy atom. The van der Waals surface area contributed by atoms with Crippen molar-refractivity contribution in [2.45, 2.75) is 25.2 Å². The number of carboxylic acid groups (broad SMARTS) is 2. The summed E-state index contributed by atoms with van der Waals surface area (Å²) in [5, 5.41) is 17.6. The highest BCUT2D eigenvalue weighted by Crippen LogP contribution is 2.29. The molecule has 1 aliphatic carbocycles. The highest BCUT2D eigenvalue weighted by Gasteiger charge is 2.38. The maximum absolute atomic E-state index is 10.6. The molecule has 12 heteroatoms. The van der Waals surface area contributed by atoms with Gasteiger partial charge in [-0.15, -0.1) is 0 Å². The van der Waals surface area contributed by atoms with Gasteiger partial charge in [0.15, 0.2) is 0 Å². The Labute approximate surface area is 127 Å². The molecule has 2 rings (SSSR count). The van der Waals surface area contributed by atoms with Crippen molar-refractivity contribution in [1.29, 1.82) is 0 Å². The van der Waals surface area contributed by atoms with E-state index in [1.165, 1.54) is 32.5 Å². The maximum atomic E-state index is 10.6. The molecule has 1 aliphatic heterocycles. The Morgan fingerprint density at radius 3 is 1.61 bits per heavy atom. The van der Waals surface area contributed by atoms with E-state index in [9.17, 15) is 26.3 Å². The number of alkyl halides is 6. The van der Waals surface area contributed by atoms with Gasteiger partial charge in [0.05, 0.1) is 0 Å². The summed E-state index contributed by atoms with van der Waals surface area (Å²) in [7, 11) is 0. The van der Waals surface area contributed by atoms with Crippen LogP contribution in [0.4, 0.5) is 26.3 Å². The molecular weight excluding hydrogens is 338 g/mol. The molecule has 6 nitrogen and oxygen atoms in total. The number of carboxylic acids is 2. The molecule has 0 unspecified atom stereocenters. The van der Waals surface area contributed by atoms with Crippen LogP contribution in [0.1, 0.15) is 12.8 Å². The molecule has 2 fully saturated rings. The zero-order chi connectivity index (χ0) is 18.3. The predicted octanol–water partition coefficient (Wildman–Crippen LogP) is 1.53. The fourth-order valence-corrected chi connectivity index (χ4v) is 1.37. The highest BCUT2D eigenvalue weighted by molar-refractivity contribution is 5.73. The first-order chi connectivity index (χ1) is 10.3. The zero-order valence-corrected chi connectivity index (χ0v) is 11.7. The van der Waals surface area contributed by atoms with Gasteiger partial charge in [-0.2, -0.15) is 26.3 Å². The van der Waals surface area contributed by atoms with Crippen LogP contribution >= 0.6 is 0 Å². The van der Waals surface area contributed by atoms with Crippen molar-refractivity contribution in [3.63, 3.8) is 0 Å². The van der Waals surface area contributed by atoms with Crippen molar-refractivity contribution in [1.82, 2.24) is 10.2 Å². The van der Waals surface area contributed by atoms with E-state index < -0.39 is 24.3 Å². The van der Waals surface area contributed by atoms with Crippen LogP contribution < -0.4 is 5.32 Å². The summed E-state index contributed by atoms with van der Waals surface area (Å²) in [4.78, 5) is 20.3. The predicted molar refractivity (Wildman–Crippen MR) is 64.5 cm³/mol. The fraction of sp³-hybridized carbons (Fsp3) is 0.818. The van der Waals surface area contributed by atoms with Gasteiger partial charge in [0, 0.05) is 26.3 Å². The molecule has 0 aromatic rings. The van der Waals surface area contributed by atoms with Crippen LogP contribution in [0.25, 0.3) is 0 Å². The standard InChI is InChI=1S/C7H14N2.2C2HF3O2/c1-2-7(1)5-9-4-3-8-6-9;2*3-2(4,5)1(6)7/h7-8H,1-6H2;2*(H,6,7). The average molecular weight is 354 g/mol. The lowest BCUT2D eigenvalue weighted by Gasteiger charge is -2.11. The number of hydrogen-bond acceptors (Lipinski definition) is 4. The van der Waals surface area contributed by atoms with Gasteiger partial charge in [-0.25, -0.2) is 9.59 Å². The van der Waals surface area contributed by atoms with E-state index in [4.69, 9.17) is 19.8 Å². The van der Waals surface area contributed by atoms with Crippen LogP contribution in [0.15, 0.2) is 0 Å². The molecule has 0 bridgehead atoms. The summed E-state index contributed by atoms with van der Waals surface area (Å²) in [5.74, 6) is -4.45. The lowest BCUT2D eigenvalue weighted by molar-refractivity contribution is -0.193. The Bertz CT molecular complexity index is 365. The lowest BCUT2D eigenvalue weighted by Crippen LogP contribution is -2.24. The number of hydrogen-bond donors (Lipinski definition) is 3. The Kier molecular flexibility index (Phi) is 8.31. The number of aliphatic carboxylic acids is 2. The van der Waals surface area contributed by atoms with E-state index in [1.54, 1.807) is 0 Å². The van der Waals surface area contributed by atoms with Crippen LogP contribution in [0, 0.1) is 5.92 Å². The molecule has 0 aromatic heterocycles.